The van der Waals surface area contributed by atoms with Crippen molar-refractivity contribution in [2.24, 2.45) is 46.3 Å². The third-order valence-electron chi connectivity index (χ3n) is 10.8. The minimum atomic E-state index is -0.203. The van der Waals surface area contributed by atoms with Crippen LogP contribution in [-0.4, -0.2) is 37.2 Å². The molecule has 4 rings (SSSR count). The van der Waals surface area contributed by atoms with E-state index < -0.39 is 0 Å². The van der Waals surface area contributed by atoms with E-state index in [-0.39, 0.29) is 46.9 Å². The average molecular weight is 477 g/mol. The summed E-state index contributed by atoms with van der Waals surface area (Å²) in [5.74, 6) is 2.19. The SMILES string of the molecule is COC(=O)C[C@@H](C)[C@H]1CC[C@H]2[C@@H]3CC[C@H]4C[C@H](OC(C)=O)CC[C@]4(C)[C@H]3C[C@H](OC(C)=O)[C@]12C. The van der Waals surface area contributed by atoms with Crippen molar-refractivity contribution < 1.29 is 28.6 Å². The number of fused-ring (bicyclic) bond motifs is 5. The van der Waals surface area contributed by atoms with Gasteiger partial charge in [0.05, 0.1) is 7.11 Å². The molecule has 0 amide bonds. The first-order chi connectivity index (χ1) is 16.0. The van der Waals surface area contributed by atoms with E-state index in [0.717, 1.165) is 38.5 Å². The summed E-state index contributed by atoms with van der Waals surface area (Å²) in [7, 11) is 1.45. The molecule has 0 radical (unpaired) electrons. The average Bonchev–Trinajstić information content (AvgIpc) is 3.12. The van der Waals surface area contributed by atoms with Crippen molar-refractivity contribution in [1.29, 1.82) is 0 Å². The molecular weight excluding hydrogens is 432 g/mol. The maximum absolute atomic E-state index is 12.3. The standard InChI is InChI=1S/C28H44O6/c1-16(13-26(31)32-6)22-9-10-23-21-8-7-19-14-20(33-17(2)29)11-12-27(19,4)24(21)15-25(28(22,23)5)34-18(3)30/h16,19-25H,7-15H2,1-6H3/t16-,19+,20-,21+,22-,23+,24+,25+,27+,28-/m1/s1. The van der Waals surface area contributed by atoms with E-state index >= 15 is 0 Å². The summed E-state index contributed by atoms with van der Waals surface area (Å²) in [5.41, 5.74) is 0.0768. The summed E-state index contributed by atoms with van der Waals surface area (Å²) < 4.78 is 16.7. The summed E-state index contributed by atoms with van der Waals surface area (Å²) in [6, 6.07) is 0. The number of methoxy groups -OCH3 is 1. The molecule has 0 heterocycles. The number of ether oxygens (including phenoxy) is 3. The third-order valence-corrected chi connectivity index (χ3v) is 10.8. The van der Waals surface area contributed by atoms with Crippen LogP contribution in [0.15, 0.2) is 0 Å². The highest BCUT2D eigenvalue weighted by molar-refractivity contribution is 5.69. The molecule has 6 nitrogen and oxygen atoms in total. The molecule has 0 bridgehead atoms. The van der Waals surface area contributed by atoms with Crippen LogP contribution in [0.25, 0.3) is 0 Å². The van der Waals surface area contributed by atoms with Crippen LogP contribution in [0.2, 0.25) is 0 Å². The number of carbonyl (C=O) groups is 3. The van der Waals surface area contributed by atoms with Gasteiger partial charge in [0.15, 0.2) is 0 Å². The summed E-state index contributed by atoms with van der Waals surface area (Å²) in [5, 5.41) is 0. The molecule has 0 unspecified atom stereocenters. The van der Waals surface area contributed by atoms with Crippen molar-refractivity contribution in [2.45, 2.75) is 105 Å². The van der Waals surface area contributed by atoms with E-state index in [4.69, 9.17) is 14.2 Å². The summed E-state index contributed by atoms with van der Waals surface area (Å²) >= 11 is 0. The Bertz CT molecular complexity index is 809. The van der Waals surface area contributed by atoms with Crippen LogP contribution in [-0.2, 0) is 28.6 Å². The van der Waals surface area contributed by atoms with Crippen LogP contribution in [0.3, 0.4) is 0 Å². The Morgan fingerprint density at radius 1 is 0.912 bits per heavy atom. The minimum Gasteiger partial charge on any atom is -0.469 e. The summed E-state index contributed by atoms with van der Waals surface area (Å²) in [6.45, 7) is 10.0. The van der Waals surface area contributed by atoms with Gasteiger partial charge < -0.3 is 14.2 Å². The van der Waals surface area contributed by atoms with Gasteiger partial charge in [0.1, 0.15) is 12.2 Å². The Morgan fingerprint density at radius 2 is 1.62 bits per heavy atom. The minimum absolute atomic E-state index is 0.0419. The van der Waals surface area contributed by atoms with Gasteiger partial charge in [0, 0.05) is 25.7 Å². The molecule has 0 aromatic heterocycles. The molecule has 4 aliphatic rings. The van der Waals surface area contributed by atoms with E-state index in [9.17, 15) is 14.4 Å². The molecule has 4 aliphatic carbocycles. The molecule has 0 aromatic rings. The van der Waals surface area contributed by atoms with Crippen molar-refractivity contribution in [2.75, 3.05) is 7.11 Å². The zero-order chi connectivity index (χ0) is 24.8. The maximum atomic E-state index is 12.3. The highest BCUT2D eigenvalue weighted by atomic mass is 16.5. The van der Waals surface area contributed by atoms with Gasteiger partial charge in [-0.1, -0.05) is 20.8 Å². The first-order valence-electron chi connectivity index (χ1n) is 13.4. The fraction of sp³-hybridized carbons (Fsp3) is 0.893. The molecule has 192 valence electrons. The largest absolute Gasteiger partial charge is 0.469 e. The van der Waals surface area contributed by atoms with Gasteiger partial charge in [-0.3, -0.25) is 14.4 Å². The van der Waals surface area contributed by atoms with Crippen LogP contribution < -0.4 is 0 Å². The Morgan fingerprint density at radius 3 is 2.26 bits per heavy atom. The van der Waals surface area contributed by atoms with Gasteiger partial charge >= 0.3 is 17.9 Å². The van der Waals surface area contributed by atoms with Crippen LogP contribution in [0.1, 0.15) is 92.4 Å². The number of hydrogen-bond donors (Lipinski definition) is 0. The molecule has 0 saturated heterocycles. The second-order valence-electron chi connectivity index (χ2n) is 12.3. The molecule has 34 heavy (non-hydrogen) atoms. The second kappa shape index (κ2) is 9.46. The predicted octanol–water partition coefficient (Wildman–Crippen LogP) is 5.32. The monoisotopic (exact) mass is 476 g/mol. The van der Waals surface area contributed by atoms with Gasteiger partial charge in [0.2, 0.25) is 0 Å². The number of hydrogen-bond acceptors (Lipinski definition) is 6. The third kappa shape index (κ3) is 4.28. The fourth-order valence-electron chi connectivity index (χ4n) is 9.32. The fourth-order valence-corrected chi connectivity index (χ4v) is 9.32. The van der Waals surface area contributed by atoms with E-state index in [1.807, 2.05) is 0 Å². The van der Waals surface area contributed by atoms with Crippen molar-refractivity contribution >= 4 is 17.9 Å². The quantitative estimate of drug-likeness (QED) is 0.395. The smallest absolute Gasteiger partial charge is 0.305 e. The Balaban J connectivity index is 1.61. The molecule has 0 N–H and O–H groups in total. The van der Waals surface area contributed by atoms with Gasteiger partial charge in [0.25, 0.3) is 0 Å². The number of carbonyl (C=O) groups excluding carboxylic acids is 3. The second-order valence-corrected chi connectivity index (χ2v) is 12.3. The van der Waals surface area contributed by atoms with Crippen molar-refractivity contribution in [3.05, 3.63) is 0 Å². The lowest BCUT2D eigenvalue weighted by Crippen LogP contribution is -2.59. The molecule has 0 aromatic carbocycles. The molecule has 4 fully saturated rings. The van der Waals surface area contributed by atoms with Crippen molar-refractivity contribution in [3.63, 3.8) is 0 Å². The lowest BCUT2D eigenvalue weighted by molar-refractivity contribution is -0.198. The van der Waals surface area contributed by atoms with Gasteiger partial charge in [-0.15, -0.1) is 0 Å². The van der Waals surface area contributed by atoms with Crippen LogP contribution in [0.4, 0.5) is 0 Å². The van der Waals surface area contributed by atoms with Gasteiger partial charge in [-0.05, 0) is 92.3 Å². The van der Waals surface area contributed by atoms with Crippen LogP contribution in [0.5, 0.6) is 0 Å². The highest BCUT2D eigenvalue weighted by Crippen LogP contribution is 2.69. The number of esters is 3. The van der Waals surface area contributed by atoms with Crippen molar-refractivity contribution in [3.8, 4) is 0 Å². The lowest BCUT2D eigenvalue weighted by Gasteiger charge is -2.62. The molecule has 4 saturated carbocycles. The molecule has 10 atom stereocenters. The molecule has 0 aliphatic heterocycles. The van der Waals surface area contributed by atoms with Gasteiger partial charge in [-0.25, -0.2) is 0 Å². The maximum Gasteiger partial charge on any atom is 0.305 e. The normalized spacial score (nSPS) is 44.1. The number of rotatable bonds is 5. The van der Waals surface area contributed by atoms with E-state index in [1.54, 1.807) is 0 Å². The topological polar surface area (TPSA) is 78.9 Å². The van der Waals surface area contributed by atoms with Crippen molar-refractivity contribution in [1.82, 2.24) is 0 Å². The summed E-state index contributed by atoms with van der Waals surface area (Å²) in [4.78, 5) is 35.9. The zero-order valence-electron chi connectivity index (χ0n) is 21.9. The van der Waals surface area contributed by atoms with Gasteiger partial charge in [-0.2, -0.15) is 0 Å². The predicted molar refractivity (Wildman–Crippen MR) is 128 cm³/mol. The highest BCUT2D eigenvalue weighted by Gasteiger charge is 2.65. The molecule has 6 heteroatoms. The first-order valence-corrected chi connectivity index (χ1v) is 13.4. The molecule has 0 spiro atoms. The Labute approximate surface area is 204 Å². The van der Waals surface area contributed by atoms with Crippen LogP contribution in [0, 0.1) is 46.3 Å². The first kappa shape index (κ1) is 25.5. The Hall–Kier alpha value is -1.59. The van der Waals surface area contributed by atoms with E-state index in [1.165, 1.54) is 33.8 Å². The Kier molecular flexibility index (Phi) is 7.10. The zero-order valence-corrected chi connectivity index (χ0v) is 21.9. The lowest BCUT2D eigenvalue weighted by atomic mass is 9.43. The van der Waals surface area contributed by atoms with E-state index in [2.05, 4.69) is 20.8 Å². The van der Waals surface area contributed by atoms with E-state index in [0.29, 0.717) is 36.0 Å². The summed E-state index contributed by atoms with van der Waals surface area (Å²) in [6.07, 6.45) is 8.79. The molecular formula is C28H44O6. The van der Waals surface area contributed by atoms with Crippen LogP contribution >= 0.6 is 0 Å².